The Kier molecular flexibility index (Phi) is 4.17. The average molecular weight is 323 g/mol. The lowest BCUT2D eigenvalue weighted by Gasteiger charge is -2.13. The van der Waals surface area contributed by atoms with Gasteiger partial charge in [-0.1, -0.05) is 33.6 Å². The lowest BCUT2D eigenvalue weighted by atomic mass is 10.1. The summed E-state index contributed by atoms with van der Waals surface area (Å²) in [4.78, 5) is 0. The quantitative estimate of drug-likeness (QED) is 0.801. The number of halogens is 3. The average Bonchev–Trinajstić information content (AvgIpc) is 3.02. The molecule has 16 heavy (non-hydrogen) atoms. The van der Waals surface area contributed by atoms with Crippen LogP contribution in [0.3, 0.4) is 0 Å². The molecule has 0 amide bonds. The van der Waals surface area contributed by atoms with E-state index in [1.54, 1.807) is 0 Å². The second-order valence-corrected chi connectivity index (χ2v) is 6.06. The Balaban J connectivity index is 1.85. The van der Waals surface area contributed by atoms with Gasteiger partial charge in [0.1, 0.15) is 0 Å². The molecule has 1 aliphatic carbocycles. The van der Waals surface area contributed by atoms with E-state index in [2.05, 4.69) is 21.2 Å². The number of hydrogen-bond donors (Lipinski definition) is 1. The first-order valence-electron chi connectivity index (χ1n) is 5.36. The van der Waals surface area contributed by atoms with Gasteiger partial charge in [-0.2, -0.15) is 0 Å². The molecule has 4 heteroatoms. The van der Waals surface area contributed by atoms with Crippen LogP contribution in [-0.2, 0) is 6.54 Å². The highest BCUT2D eigenvalue weighted by Crippen LogP contribution is 2.45. The number of benzene rings is 1. The summed E-state index contributed by atoms with van der Waals surface area (Å²) < 4.78 is 1.01. The summed E-state index contributed by atoms with van der Waals surface area (Å²) in [5.41, 5.74) is 1.50. The Hall–Kier alpha value is 0.240. The van der Waals surface area contributed by atoms with Gasteiger partial charge in [0.05, 0.1) is 0 Å². The van der Waals surface area contributed by atoms with E-state index in [0.717, 1.165) is 34.0 Å². The Bertz CT molecular complexity index is 377. The molecule has 0 atom stereocenters. The Labute approximate surface area is 115 Å². The first-order chi connectivity index (χ1) is 7.65. The van der Waals surface area contributed by atoms with Crippen molar-refractivity contribution in [3.05, 3.63) is 33.3 Å². The second-order valence-electron chi connectivity index (χ2n) is 4.47. The van der Waals surface area contributed by atoms with Gasteiger partial charge in [-0.15, -0.1) is 11.6 Å². The molecule has 1 saturated carbocycles. The molecule has 2 rings (SSSR count). The maximum absolute atomic E-state index is 6.13. The minimum absolute atomic E-state index is 0.364. The van der Waals surface area contributed by atoms with E-state index < -0.39 is 0 Å². The van der Waals surface area contributed by atoms with E-state index >= 15 is 0 Å². The molecule has 0 heterocycles. The molecule has 1 N–H and O–H groups in total. The monoisotopic (exact) mass is 321 g/mol. The molecule has 0 radical (unpaired) electrons. The molecule has 0 bridgehead atoms. The summed E-state index contributed by atoms with van der Waals surface area (Å²) in [6, 6.07) is 5.98. The summed E-state index contributed by atoms with van der Waals surface area (Å²) in [7, 11) is 0. The zero-order chi connectivity index (χ0) is 11.6. The van der Waals surface area contributed by atoms with Crippen molar-refractivity contribution in [3.63, 3.8) is 0 Å². The molecule has 1 aliphatic rings. The summed E-state index contributed by atoms with van der Waals surface area (Å²) >= 11 is 15.4. The van der Waals surface area contributed by atoms with Crippen molar-refractivity contribution in [2.24, 2.45) is 5.41 Å². The molecule has 1 nitrogen and oxygen atoms in total. The largest absolute Gasteiger partial charge is 0.312 e. The zero-order valence-corrected chi connectivity index (χ0v) is 12.0. The Morgan fingerprint density at radius 1 is 1.38 bits per heavy atom. The van der Waals surface area contributed by atoms with Crippen LogP contribution < -0.4 is 5.32 Å². The molecule has 0 unspecified atom stereocenters. The highest BCUT2D eigenvalue weighted by Gasteiger charge is 2.41. The number of hydrogen-bond acceptors (Lipinski definition) is 1. The van der Waals surface area contributed by atoms with E-state index in [4.69, 9.17) is 23.2 Å². The van der Waals surface area contributed by atoms with Crippen LogP contribution >= 0.6 is 39.1 Å². The van der Waals surface area contributed by atoms with Gasteiger partial charge in [-0.3, -0.25) is 0 Å². The predicted molar refractivity (Wildman–Crippen MR) is 73.2 cm³/mol. The van der Waals surface area contributed by atoms with Crippen molar-refractivity contribution in [3.8, 4) is 0 Å². The van der Waals surface area contributed by atoms with Crippen LogP contribution in [0, 0.1) is 5.41 Å². The highest BCUT2D eigenvalue weighted by molar-refractivity contribution is 9.10. The van der Waals surface area contributed by atoms with Gasteiger partial charge < -0.3 is 5.32 Å². The fourth-order valence-corrected chi connectivity index (χ4v) is 2.76. The van der Waals surface area contributed by atoms with Crippen molar-refractivity contribution in [1.82, 2.24) is 5.32 Å². The number of alkyl halides is 1. The van der Waals surface area contributed by atoms with Crippen LogP contribution in [0.5, 0.6) is 0 Å². The standard InChI is InChI=1S/C12H14BrCl2N/c13-10-2-1-9(11(15)5-10)6-16-8-12(7-14)3-4-12/h1-2,5,16H,3-4,6-8H2. The maximum atomic E-state index is 6.13. The van der Waals surface area contributed by atoms with E-state index in [1.165, 1.54) is 12.8 Å². The number of rotatable bonds is 5. The fourth-order valence-electron chi connectivity index (χ4n) is 1.66. The van der Waals surface area contributed by atoms with Crippen molar-refractivity contribution in [2.45, 2.75) is 19.4 Å². The first kappa shape index (κ1) is 12.7. The van der Waals surface area contributed by atoms with E-state index in [9.17, 15) is 0 Å². The zero-order valence-electron chi connectivity index (χ0n) is 8.90. The molecule has 1 aromatic carbocycles. The third-order valence-electron chi connectivity index (χ3n) is 3.07. The summed E-state index contributed by atoms with van der Waals surface area (Å²) in [5, 5.41) is 4.23. The molecule has 0 aromatic heterocycles. The molecular weight excluding hydrogens is 309 g/mol. The van der Waals surface area contributed by atoms with Crippen LogP contribution in [0.4, 0.5) is 0 Å². The molecule has 0 aliphatic heterocycles. The molecule has 0 saturated heterocycles. The minimum atomic E-state index is 0.364. The van der Waals surface area contributed by atoms with Gasteiger partial charge in [0.15, 0.2) is 0 Å². The summed E-state index contributed by atoms with van der Waals surface area (Å²) in [6.07, 6.45) is 2.50. The molecule has 0 spiro atoms. The van der Waals surface area contributed by atoms with Crippen LogP contribution in [0.25, 0.3) is 0 Å². The lowest BCUT2D eigenvalue weighted by Crippen LogP contribution is -2.24. The van der Waals surface area contributed by atoms with E-state index in [1.807, 2.05) is 18.2 Å². The van der Waals surface area contributed by atoms with Gasteiger partial charge in [0, 0.05) is 28.5 Å². The predicted octanol–water partition coefficient (Wildman–Crippen LogP) is 4.21. The third-order valence-corrected chi connectivity index (χ3v) is 4.48. The van der Waals surface area contributed by atoms with Crippen LogP contribution in [0.15, 0.2) is 22.7 Å². The molecule has 1 aromatic rings. The van der Waals surface area contributed by atoms with Gasteiger partial charge >= 0.3 is 0 Å². The van der Waals surface area contributed by atoms with E-state index in [0.29, 0.717) is 5.41 Å². The molecular formula is C12H14BrCl2N. The lowest BCUT2D eigenvalue weighted by molar-refractivity contribution is 0.505. The molecule has 1 fully saturated rings. The minimum Gasteiger partial charge on any atom is -0.312 e. The fraction of sp³-hybridized carbons (Fsp3) is 0.500. The van der Waals surface area contributed by atoms with E-state index in [-0.39, 0.29) is 0 Å². The maximum Gasteiger partial charge on any atom is 0.0462 e. The van der Waals surface area contributed by atoms with Crippen LogP contribution in [0.1, 0.15) is 18.4 Å². The Morgan fingerprint density at radius 2 is 2.12 bits per heavy atom. The first-order valence-corrected chi connectivity index (χ1v) is 7.06. The van der Waals surface area contributed by atoms with Gasteiger partial charge in [0.25, 0.3) is 0 Å². The third kappa shape index (κ3) is 3.13. The summed E-state index contributed by atoms with van der Waals surface area (Å²) in [5.74, 6) is 0.758. The van der Waals surface area contributed by atoms with Gasteiger partial charge in [0.2, 0.25) is 0 Å². The summed E-state index contributed by atoms with van der Waals surface area (Å²) in [6.45, 7) is 1.80. The molecule has 88 valence electrons. The highest BCUT2D eigenvalue weighted by atomic mass is 79.9. The topological polar surface area (TPSA) is 12.0 Å². The van der Waals surface area contributed by atoms with Crippen LogP contribution in [0.2, 0.25) is 5.02 Å². The van der Waals surface area contributed by atoms with Crippen molar-refractivity contribution in [2.75, 3.05) is 12.4 Å². The van der Waals surface area contributed by atoms with Crippen LogP contribution in [-0.4, -0.2) is 12.4 Å². The van der Waals surface area contributed by atoms with Crippen molar-refractivity contribution >= 4 is 39.1 Å². The Morgan fingerprint density at radius 3 is 2.69 bits per heavy atom. The van der Waals surface area contributed by atoms with Crippen molar-refractivity contribution in [1.29, 1.82) is 0 Å². The second kappa shape index (κ2) is 5.26. The van der Waals surface area contributed by atoms with Gasteiger partial charge in [-0.25, -0.2) is 0 Å². The normalized spacial score (nSPS) is 17.4. The smallest absolute Gasteiger partial charge is 0.0462 e. The van der Waals surface area contributed by atoms with Gasteiger partial charge in [-0.05, 0) is 36.0 Å². The SMILES string of the molecule is ClCC1(CNCc2ccc(Br)cc2Cl)CC1. The number of nitrogens with one attached hydrogen (secondary N) is 1. The van der Waals surface area contributed by atoms with Crippen molar-refractivity contribution < 1.29 is 0 Å².